The van der Waals surface area contributed by atoms with Crippen LogP contribution in [0.4, 0.5) is 5.69 Å². The summed E-state index contributed by atoms with van der Waals surface area (Å²) in [4.78, 5) is 28.5. The van der Waals surface area contributed by atoms with E-state index in [9.17, 15) is 9.59 Å². The minimum Gasteiger partial charge on any atom is -0.366 e. The first kappa shape index (κ1) is 17.7. The second-order valence-electron chi connectivity index (χ2n) is 6.00. The molecule has 7 nitrogen and oxygen atoms in total. The number of amides is 2. The molecule has 0 saturated carbocycles. The first-order chi connectivity index (χ1) is 11.8. The molecule has 0 fully saturated rings. The molecule has 0 aromatic heterocycles. The van der Waals surface area contributed by atoms with E-state index < -0.39 is 11.0 Å². The van der Waals surface area contributed by atoms with Gasteiger partial charge in [-0.2, -0.15) is 0 Å². The number of aliphatic imine (C=N–C) groups is 1. The average Bonchev–Trinajstić information content (AvgIpc) is 3.15. The largest absolute Gasteiger partial charge is 0.366 e. The molecule has 132 valence electrons. The topological polar surface area (TPSA) is 109 Å². The van der Waals surface area contributed by atoms with Crippen LogP contribution < -0.4 is 21.7 Å². The monoisotopic (exact) mass is 377 g/mol. The SMILES string of the molecule is CC(=O)NC1(Nc2ccc(C(N)=O)cc2)NC=C(C2(C)CSC=N2)S1. The molecule has 2 atom stereocenters. The van der Waals surface area contributed by atoms with Crippen molar-refractivity contribution < 1.29 is 9.59 Å². The van der Waals surface area contributed by atoms with Crippen molar-refractivity contribution in [1.82, 2.24) is 10.6 Å². The van der Waals surface area contributed by atoms with Crippen molar-refractivity contribution in [2.45, 2.75) is 24.5 Å². The third-order valence-corrected chi connectivity index (χ3v) is 6.21. The van der Waals surface area contributed by atoms with Crippen LogP contribution in [0.15, 0.2) is 40.4 Å². The zero-order chi connectivity index (χ0) is 18.1. The highest BCUT2D eigenvalue weighted by Crippen LogP contribution is 2.44. The molecule has 2 unspecified atom stereocenters. The summed E-state index contributed by atoms with van der Waals surface area (Å²) in [5.41, 5.74) is 7.98. The van der Waals surface area contributed by atoms with Crippen molar-refractivity contribution in [1.29, 1.82) is 0 Å². The van der Waals surface area contributed by atoms with E-state index in [0.717, 1.165) is 16.3 Å². The van der Waals surface area contributed by atoms with Gasteiger partial charge < -0.3 is 21.7 Å². The van der Waals surface area contributed by atoms with Gasteiger partial charge in [-0.25, -0.2) is 0 Å². The van der Waals surface area contributed by atoms with Crippen molar-refractivity contribution in [2.75, 3.05) is 11.1 Å². The van der Waals surface area contributed by atoms with Gasteiger partial charge in [0.1, 0.15) is 5.54 Å². The van der Waals surface area contributed by atoms with Crippen LogP contribution in [0.2, 0.25) is 0 Å². The zero-order valence-electron chi connectivity index (χ0n) is 13.8. The van der Waals surface area contributed by atoms with Gasteiger partial charge in [0.05, 0.1) is 5.55 Å². The standard InChI is InChI=1S/C16H19N5O2S2/c1-10(22)20-16(21-12-5-3-11(4-6-12)14(17)23)18-7-13(25-16)15(2)8-24-9-19-15/h3-7,9,18,21H,8H2,1-2H3,(H2,17,23)(H,20,22). The molecular formula is C16H19N5O2S2. The molecule has 0 saturated heterocycles. The van der Waals surface area contributed by atoms with E-state index >= 15 is 0 Å². The summed E-state index contributed by atoms with van der Waals surface area (Å²) in [6.45, 7) is 3.53. The molecule has 2 aliphatic heterocycles. The number of nitrogens with two attached hydrogens (primary N) is 1. The lowest BCUT2D eigenvalue weighted by Gasteiger charge is -2.33. The number of thioether (sulfide) groups is 2. The van der Waals surface area contributed by atoms with Gasteiger partial charge >= 0.3 is 0 Å². The number of carbonyl (C=O) groups is 2. The summed E-state index contributed by atoms with van der Waals surface area (Å²) in [6, 6.07) is 6.77. The number of hydrogen-bond donors (Lipinski definition) is 4. The summed E-state index contributed by atoms with van der Waals surface area (Å²) >= 11 is 3.14. The Labute approximate surface area is 154 Å². The van der Waals surface area contributed by atoms with Gasteiger partial charge in [0.15, 0.2) is 0 Å². The van der Waals surface area contributed by atoms with Gasteiger partial charge in [-0.1, -0.05) is 11.8 Å². The van der Waals surface area contributed by atoms with Crippen LogP contribution in [0.5, 0.6) is 0 Å². The van der Waals surface area contributed by atoms with E-state index in [4.69, 9.17) is 5.73 Å². The van der Waals surface area contributed by atoms with Crippen molar-refractivity contribution in [3.05, 3.63) is 40.9 Å². The quantitative estimate of drug-likeness (QED) is 0.581. The van der Waals surface area contributed by atoms with Crippen LogP contribution in [-0.4, -0.2) is 33.8 Å². The molecule has 0 radical (unpaired) electrons. The number of nitrogens with zero attached hydrogens (tertiary/aromatic N) is 1. The number of nitrogens with one attached hydrogen (secondary N) is 3. The Morgan fingerprint density at radius 3 is 2.60 bits per heavy atom. The summed E-state index contributed by atoms with van der Waals surface area (Å²) < 4.78 is 0. The fourth-order valence-corrected chi connectivity index (χ4v) is 4.81. The van der Waals surface area contributed by atoms with E-state index in [-0.39, 0.29) is 11.4 Å². The highest BCUT2D eigenvalue weighted by atomic mass is 32.2. The molecule has 3 rings (SSSR count). The van der Waals surface area contributed by atoms with Crippen LogP contribution in [-0.2, 0) is 4.79 Å². The van der Waals surface area contributed by atoms with Crippen LogP contribution in [0.25, 0.3) is 0 Å². The Hall–Kier alpha value is -2.13. The molecular weight excluding hydrogens is 358 g/mol. The Morgan fingerprint density at radius 2 is 2.04 bits per heavy atom. The maximum atomic E-state index is 11.7. The fourth-order valence-electron chi connectivity index (χ4n) is 2.51. The second-order valence-corrected chi connectivity index (χ2v) is 8.09. The summed E-state index contributed by atoms with van der Waals surface area (Å²) in [6.07, 6.45) is 1.88. The minimum atomic E-state index is -0.915. The molecule has 0 bridgehead atoms. The first-order valence-corrected chi connectivity index (χ1v) is 9.48. The Morgan fingerprint density at radius 1 is 1.32 bits per heavy atom. The number of anilines is 1. The van der Waals surface area contributed by atoms with E-state index in [1.54, 1.807) is 36.0 Å². The van der Waals surface area contributed by atoms with E-state index in [1.165, 1.54) is 18.7 Å². The van der Waals surface area contributed by atoms with E-state index in [0.29, 0.717) is 5.56 Å². The van der Waals surface area contributed by atoms with Crippen LogP contribution >= 0.6 is 23.5 Å². The predicted octanol–water partition coefficient (Wildman–Crippen LogP) is 1.66. The molecule has 2 amide bonds. The molecule has 1 aromatic rings. The maximum absolute atomic E-state index is 11.7. The van der Waals surface area contributed by atoms with Crippen LogP contribution in [0.1, 0.15) is 24.2 Å². The molecule has 0 spiro atoms. The number of rotatable bonds is 5. The predicted molar refractivity (Wildman–Crippen MR) is 103 cm³/mol. The Balaban J connectivity index is 1.80. The lowest BCUT2D eigenvalue weighted by atomic mass is 10.1. The Kier molecular flexibility index (Phi) is 4.70. The first-order valence-electron chi connectivity index (χ1n) is 7.61. The van der Waals surface area contributed by atoms with Gasteiger partial charge in [0.2, 0.25) is 16.9 Å². The van der Waals surface area contributed by atoms with Gasteiger partial charge in [0.25, 0.3) is 0 Å². The summed E-state index contributed by atoms with van der Waals surface area (Å²) in [7, 11) is 0. The normalized spacial score (nSPS) is 27.5. The minimum absolute atomic E-state index is 0.176. The van der Waals surface area contributed by atoms with Gasteiger partial charge in [0, 0.05) is 35.0 Å². The van der Waals surface area contributed by atoms with Gasteiger partial charge in [-0.15, -0.1) is 11.8 Å². The van der Waals surface area contributed by atoms with Crippen molar-refractivity contribution in [2.24, 2.45) is 10.7 Å². The summed E-state index contributed by atoms with van der Waals surface area (Å²) in [5, 5.41) is 8.50. The van der Waals surface area contributed by atoms with Crippen molar-refractivity contribution in [3.63, 3.8) is 0 Å². The highest BCUT2D eigenvalue weighted by Gasteiger charge is 2.44. The third-order valence-electron chi connectivity index (χ3n) is 3.82. The molecule has 25 heavy (non-hydrogen) atoms. The van der Waals surface area contributed by atoms with Crippen LogP contribution in [0, 0.1) is 0 Å². The molecule has 2 aliphatic rings. The van der Waals surface area contributed by atoms with E-state index in [2.05, 4.69) is 27.9 Å². The molecule has 0 aliphatic carbocycles. The number of benzene rings is 1. The lowest BCUT2D eigenvalue weighted by Crippen LogP contribution is -2.58. The number of primary amides is 1. The van der Waals surface area contributed by atoms with Crippen LogP contribution in [0.3, 0.4) is 0 Å². The molecule has 5 N–H and O–H groups in total. The third kappa shape index (κ3) is 3.77. The van der Waals surface area contributed by atoms with Gasteiger partial charge in [-0.05, 0) is 31.2 Å². The maximum Gasteiger partial charge on any atom is 0.248 e. The fraction of sp³-hybridized carbons (Fsp3) is 0.312. The average molecular weight is 377 g/mol. The van der Waals surface area contributed by atoms with Gasteiger partial charge in [-0.3, -0.25) is 14.6 Å². The molecule has 1 aromatic carbocycles. The van der Waals surface area contributed by atoms with E-state index in [1.807, 2.05) is 11.7 Å². The highest BCUT2D eigenvalue weighted by molar-refractivity contribution is 8.12. The summed E-state index contributed by atoms with van der Waals surface area (Å²) in [5.74, 6) is 0.201. The van der Waals surface area contributed by atoms with Crippen molar-refractivity contribution in [3.8, 4) is 0 Å². The number of hydrogen-bond acceptors (Lipinski definition) is 7. The zero-order valence-corrected chi connectivity index (χ0v) is 15.5. The van der Waals surface area contributed by atoms with Crippen molar-refractivity contribution >= 4 is 46.6 Å². The molecule has 9 heteroatoms. The second kappa shape index (κ2) is 6.64. The smallest absolute Gasteiger partial charge is 0.248 e. The number of carbonyl (C=O) groups excluding carboxylic acids is 2. The Bertz CT molecular complexity index is 764. The molecule has 2 heterocycles. The lowest BCUT2D eigenvalue weighted by molar-refractivity contribution is -0.119.